The fourth-order valence-corrected chi connectivity index (χ4v) is 4.89. The van der Waals surface area contributed by atoms with Gasteiger partial charge in [0.25, 0.3) is 0 Å². The van der Waals surface area contributed by atoms with Gasteiger partial charge in [0.05, 0.1) is 76.2 Å². The molecule has 3 amide bonds. The molecule has 16 heteroatoms. The third-order valence-corrected chi connectivity index (χ3v) is 7.08. The van der Waals surface area contributed by atoms with Crippen molar-refractivity contribution in [3.63, 3.8) is 0 Å². The number of nitrogens with zero attached hydrogens (tertiary/aromatic N) is 3. The molecular weight excluding hydrogens is 454 g/mol. The number of hydrogen-bond acceptors (Lipinski definition) is 4. The maximum absolute atomic E-state index is 13.0. The van der Waals surface area contributed by atoms with Gasteiger partial charge in [0, 0.05) is 45.1 Å². The molecule has 1 aromatic rings. The van der Waals surface area contributed by atoms with Crippen molar-refractivity contribution >= 4 is 82.7 Å². The number of urea groups is 1. The fourth-order valence-electron chi connectivity index (χ4n) is 4.89. The number of nitrogens with one attached hydrogen (secondary N) is 1. The van der Waals surface area contributed by atoms with Crippen LogP contribution in [0.25, 0.3) is 0 Å². The van der Waals surface area contributed by atoms with Gasteiger partial charge in [0.15, 0.2) is 0 Å². The number of rotatable bonds is 10. The molecule has 0 bridgehead atoms. The average molecular weight is 477 g/mol. The van der Waals surface area contributed by atoms with Gasteiger partial charge < -0.3 is 19.9 Å². The largest absolute Gasteiger partial charge is 0.448 e. The Kier molecular flexibility index (Phi) is 8.71. The summed E-state index contributed by atoms with van der Waals surface area (Å²) in [6.45, 7) is 3.93. The molecule has 1 fully saturated rings. The van der Waals surface area contributed by atoms with Crippen LogP contribution in [0.4, 0.5) is 9.59 Å². The van der Waals surface area contributed by atoms with E-state index in [1.807, 2.05) is 6.07 Å². The Bertz CT molecular complexity index is 936. The van der Waals surface area contributed by atoms with Crippen molar-refractivity contribution in [1.82, 2.24) is 20.1 Å². The van der Waals surface area contributed by atoms with Gasteiger partial charge >= 0.3 is 12.1 Å². The van der Waals surface area contributed by atoms with E-state index in [0.29, 0.717) is 44.4 Å². The summed E-state index contributed by atoms with van der Waals surface area (Å²) in [5.74, 6) is 0.600. The number of pyridine rings is 1. The van der Waals surface area contributed by atoms with Crippen LogP contribution in [0.15, 0.2) is 18.5 Å². The molecule has 1 aliphatic heterocycles. The first-order valence-electron chi connectivity index (χ1n) is 12.0. The van der Waals surface area contributed by atoms with Crippen LogP contribution in [0.2, 0.25) is 15.3 Å². The summed E-state index contributed by atoms with van der Waals surface area (Å²) in [7, 11) is 52.1. The highest BCUT2D eigenvalue weighted by atomic mass is 16.6. The highest BCUT2D eigenvalue weighted by Crippen LogP contribution is 2.56. The number of amides is 3. The summed E-state index contributed by atoms with van der Waals surface area (Å²) in [4.78, 5) is 32.8. The Morgan fingerprint density at radius 2 is 1.62 bits per heavy atom. The van der Waals surface area contributed by atoms with E-state index in [4.69, 9.17) is 75.4 Å². The molecule has 2 unspecified atom stereocenters. The van der Waals surface area contributed by atoms with Crippen molar-refractivity contribution in [2.24, 2.45) is 11.8 Å². The minimum atomic E-state index is -2.66. The zero-order valence-electron chi connectivity index (χ0n) is 21.1. The molecule has 0 aromatic carbocycles. The van der Waals surface area contributed by atoms with Crippen molar-refractivity contribution < 1.29 is 14.3 Å². The summed E-state index contributed by atoms with van der Waals surface area (Å²) in [6.07, 6.45) is 4.12. The van der Waals surface area contributed by atoms with Crippen LogP contribution in [0, 0.1) is 11.8 Å². The molecule has 0 saturated heterocycles. The molecule has 2 heterocycles. The Morgan fingerprint density at radius 1 is 1.03 bits per heavy atom. The SMILES string of the molecule is [B]C([B])([B])C(OC(=O)N(CC)CCC1CC1CNC(=O)N1Cc2ccncc2C1)(C([B])([B])[B])C([B])([B])[B]. The summed E-state index contributed by atoms with van der Waals surface area (Å²) in [5, 5.41) is -4.49. The van der Waals surface area contributed by atoms with E-state index in [9.17, 15) is 9.59 Å². The topological polar surface area (TPSA) is 74.8 Å². The van der Waals surface area contributed by atoms with Crippen LogP contribution in [-0.2, 0) is 17.8 Å². The molecule has 3 rings (SSSR count). The third kappa shape index (κ3) is 6.30. The van der Waals surface area contributed by atoms with Gasteiger partial charge in [0.2, 0.25) is 0 Å². The first-order valence-corrected chi connectivity index (χ1v) is 12.0. The molecular formula is C21H23B9N4O3. The summed E-state index contributed by atoms with van der Waals surface area (Å²) in [6, 6.07) is 1.81. The maximum atomic E-state index is 13.0. The van der Waals surface area contributed by atoms with Gasteiger partial charge in [-0.3, -0.25) is 4.98 Å². The van der Waals surface area contributed by atoms with Crippen LogP contribution in [0.5, 0.6) is 0 Å². The normalized spacial score (nSPS) is 19.6. The van der Waals surface area contributed by atoms with Crippen molar-refractivity contribution in [1.29, 1.82) is 0 Å². The van der Waals surface area contributed by atoms with Gasteiger partial charge in [-0.25, -0.2) is 9.59 Å². The lowest BCUT2D eigenvalue weighted by atomic mass is 9.13. The van der Waals surface area contributed by atoms with E-state index in [0.717, 1.165) is 17.5 Å². The van der Waals surface area contributed by atoms with Gasteiger partial charge in [-0.2, -0.15) is 0 Å². The second-order valence-corrected chi connectivity index (χ2v) is 10.2. The standard InChI is InChI=1S/C21H23B9N4O3/c1-2-33(17(36)37-18(19(22,23)24,20(25,26)27)21(28,29)30)6-4-12-7-14(12)9-32-16(35)34-10-13-3-5-31-8-15(13)11-34/h3,5,8,12,14H,2,4,6-7,9-11H2,1H3,(H,32,35). The number of carbonyl (C=O) groups is 2. The molecule has 18 radical (unpaired) electrons. The zero-order valence-corrected chi connectivity index (χ0v) is 21.1. The predicted octanol–water partition coefficient (Wildman–Crippen LogP) is -0.932. The second-order valence-electron chi connectivity index (χ2n) is 10.2. The fraction of sp³-hybridized carbons (Fsp3) is 0.667. The number of ether oxygens (including phenoxy) is 1. The van der Waals surface area contributed by atoms with Crippen molar-refractivity contribution in [3.05, 3.63) is 29.6 Å². The number of fused-ring (bicyclic) bond motifs is 1. The monoisotopic (exact) mass is 478 g/mol. The number of carbonyl (C=O) groups excluding carboxylic acids is 2. The second kappa shape index (κ2) is 10.8. The van der Waals surface area contributed by atoms with E-state index in [-0.39, 0.29) is 12.6 Å². The van der Waals surface area contributed by atoms with Crippen molar-refractivity contribution in [2.75, 3.05) is 19.6 Å². The minimum absolute atomic E-state index is 0.117. The first-order chi connectivity index (χ1) is 17.0. The highest BCUT2D eigenvalue weighted by Gasteiger charge is 2.57. The van der Waals surface area contributed by atoms with Crippen LogP contribution in [0.3, 0.4) is 0 Å². The lowest BCUT2D eigenvalue weighted by Crippen LogP contribution is -2.66. The molecule has 7 nitrogen and oxygen atoms in total. The Labute approximate surface area is 231 Å². The highest BCUT2D eigenvalue weighted by molar-refractivity contribution is 6.70. The lowest BCUT2D eigenvalue weighted by molar-refractivity contribution is -0.00893. The van der Waals surface area contributed by atoms with E-state index in [1.54, 1.807) is 24.2 Å². The maximum Gasteiger partial charge on any atom is 0.410 e. The smallest absolute Gasteiger partial charge is 0.410 e. The van der Waals surface area contributed by atoms with Crippen LogP contribution in [-0.4, -0.2) is 123 Å². The van der Waals surface area contributed by atoms with Gasteiger partial charge in [-0.15, -0.1) is 0 Å². The van der Waals surface area contributed by atoms with E-state index < -0.39 is 27.0 Å². The molecule has 0 spiro atoms. The zero-order chi connectivity index (χ0) is 27.8. The molecule has 1 N–H and O–H groups in total. The van der Waals surface area contributed by atoms with Crippen LogP contribution < -0.4 is 5.32 Å². The lowest BCUT2D eigenvalue weighted by Gasteiger charge is -2.63. The molecule has 37 heavy (non-hydrogen) atoms. The van der Waals surface area contributed by atoms with E-state index in [1.165, 1.54) is 4.90 Å². The minimum Gasteiger partial charge on any atom is -0.448 e. The average Bonchev–Trinajstić information content (AvgIpc) is 3.37. The molecule has 1 aromatic heterocycles. The molecule has 172 valence electrons. The van der Waals surface area contributed by atoms with Crippen molar-refractivity contribution in [3.8, 4) is 0 Å². The number of hydrogen-bond donors (Lipinski definition) is 1. The van der Waals surface area contributed by atoms with Gasteiger partial charge in [-0.05, 0) is 48.8 Å². The van der Waals surface area contributed by atoms with Gasteiger partial charge in [0.1, 0.15) is 0 Å². The van der Waals surface area contributed by atoms with Crippen LogP contribution >= 0.6 is 0 Å². The summed E-state index contributed by atoms with van der Waals surface area (Å²) < 4.78 is 5.42. The van der Waals surface area contributed by atoms with Crippen LogP contribution in [0.1, 0.15) is 30.9 Å². The molecule has 2 aliphatic rings. The Morgan fingerprint density at radius 3 is 2.16 bits per heavy atom. The summed E-state index contributed by atoms with van der Waals surface area (Å²) in [5.41, 5.74) is -0.496. The Hall–Kier alpha value is -1.73. The van der Waals surface area contributed by atoms with Crippen molar-refractivity contribution in [2.45, 2.75) is 53.8 Å². The Balaban J connectivity index is 1.51. The molecule has 1 saturated carbocycles. The number of aromatic nitrogens is 1. The summed E-state index contributed by atoms with van der Waals surface area (Å²) >= 11 is 0. The molecule has 2 atom stereocenters. The van der Waals surface area contributed by atoms with E-state index >= 15 is 0 Å². The van der Waals surface area contributed by atoms with Gasteiger partial charge in [-0.1, -0.05) is 15.3 Å². The molecule has 1 aliphatic carbocycles. The first kappa shape index (κ1) is 29.8. The van der Waals surface area contributed by atoms with E-state index in [2.05, 4.69) is 10.3 Å². The predicted molar refractivity (Wildman–Crippen MR) is 149 cm³/mol. The quantitative estimate of drug-likeness (QED) is 0.443. The third-order valence-electron chi connectivity index (χ3n) is 7.08.